The Morgan fingerprint density at radius 1 is 0.971 bits per heavy atom. The van der Waals surface area contributed by atoms with E-state index in [-0.39, 0.29) is 17.8 Å². The lowest BCUT2D eigenvalue weighted by Crippen LogP contribution is -2.30. The molecule has 0 spiro atoms. The maximum Gasteiger partial charge on any atom is 0.269 e. The summed E-state index contributed by atoms with van der Waals surface area (Å²) in [7, 11) is 0. The smallest absolute Gasteiger partial charge is 0.269 e. The average Bonchev–Trinajstić information content (AvgIpc) is 3.43. The monoisotopic (exact) mass is 469 g/mol. The number of thiocarbonyl (C=S) groups is 1. The van der Waals surface area contributed by atoms with E-state index in [1.165, 1.54) is 12.1 Å². The molecule has 0 saturated carbocycles. The Labute approximate surface area is 202 Å². The predicted molar refractivity (Wildman–Crippen MR) is 136 cm³/mol. The molecule has 1 saturated heterocycles. The molecule has 1 fully saturated rings. The van der Waals surface area contributed by atoms with Gasteiger partial charge in [0.1, 0.15) is 6.04 Å². The van der Waals surface area contributed by atoms with Crippen molar-refractivity contribution < 1.29 is 4.92 Å². The molecule has 2 aromatic heterocycles. The molecule has 0 radical (unpaired) electrons. The Hall–Kier alpha value is -4.04. The van der Waals surface area contributed by atoms with Crippen LogP contribution in [0.3, 0.4) is 0 Å². The van der Waals surface area contributed by atoms with E-state index in [2.05, 4.69) is 57.9 Å². The molecule has 2 atom stereocenters. The number of nitrogens with zero attached hydrogens (tertiary/aromatic N) is 4. The van der Waals surface area contributed by atoms with Gasteiger partial charge in [0.25, 0.3) is 5.69 Å². The van der Waals surface area contributed by atoms with E-state index in [0.29, 0.717) is 5.11 Å². The van der Waals surface area contributed by atoms with Crippen molar-refractivity contribution in [2.45, 2.75) is 25.9 Å². The van der Waals surface area contributed by atoms with Gasteiger partial charge < -0.3 is 14.8 Å². The molecule has 34 heavy (non-hydrogen) atoms. The molecule has 0 aliphatic carbocycles. The number of hydrogen-bond acceptors (Lipinski definition) is 4. The van der Waals surface area contributed by atoms with Crippen molar-refractivity contribution in [1.29, 1.82) is 0 Å². The minimum atomic E-state index is -0.390. The molecule has 0 bridgehead atoms. The summed E-state index contributed by atoms with van der Waals surface area (Å²) < 4.78 is 2.05. The second-order valence-electron chi connectivity index (χ2n) is 8.42. The van der Waals surface area contributed by atoms with Crippen molar-refractivity contribution in [3.05, 3.63) is 118 Å². The third kappa shape index (κ3) is 3.92. The van der Waals surface area contributed by atoms with Crippen LogP contribution in [-0.2, 0) is 0 Å². The van der Waals surface area contributed by atoms with Crippen molar-refractivity contribution in [1.82, 2.24) is 14.9 Å². The van der Waals surface area contributed by atoms with E-state index < -0.39 is 4.92 Å². The Morgan fingerprint density at radius 3 is 2.35 bits per heavy atom. The maximum absolute atomic E-state index is 11.1. The number of rotatable bonds is 5. The minimum Gasteiger partial charge on any atom is -0.351 e. The summed E-state index contributed by atoms with van der Waals surface area (Å²) in [5, 5.41) is 15.2. The zero-order chi connectivity index (χ0) is 23.8. The van der Waals surface area contributed by atoms with Crippen LogP contribution in [0.1, 0.15) is 34.6 Å². The quantitative estimate of drug-likeness (QED) is 0.234. The van der Waals surface area contributed by atoms with Gasteiger partial charge in [-0.3, -0.25) is 15.1 Å². The Kier molecular flexibility index (Phi) is 5.59. The molecule has 1 aliphatic rings. The molecule has 8 heteroatoms. The van der Waals surface area contributed by atoms with E-state index in [1.54, 1.807) is 18.3 Å². The number of pyridine rings is 1. The first-order valence-corrected chi connectivity index (χ1v) is 11.3. The Balaban J connectivity index is 1.66. The molecule has 1 N–H and O–H groups in total. The number of benzene rings is 2. The molecule has 2 aromatic carbocycles. The summed E-state index contributed by atoms with van der Waals surface area (Å²) in [6, 6.07) is 22.5. The van der Waals surface area contributed by atoms with Gasteiger partial charge in [-0.25, -0.2) is 0 Å². The van der Waals surface area contributed by atoms with Crippen molar-refractivity contribution in [3.8, 4) is 5.69 Å². The van der Waals surface area contributed by atoms with Crippen molar-refractivity contribution >= 4 is 28.7 Å². The van der Waals surface area contributed by atoms with Crippen LogP contribution in [0.15, 0.2) is 85.2 Å². The summed E-state index contributed by atoms with van der Waals surface area (Å²) in [5.74, 6) is 0. The zero-order valence-electron chi connectivity index (χ0n) is 18.8. The predicted octanol–water partition coefficient (Wildman–Crippen LogP) is 5.57. The summed E-state index contributed by atoms with van der Waals surface area (Å²) in [6.07, 6.45) is 3.75. The molecule has 170 valence electrons. The highest BCUT2D eigenvalue weighted by Crippen LogP contribution is 2.42. The summed E-state index contributed by atoms with van der Waals surface area (Å²) >= 11 is 5.85. The fraction of sp³-hybridized carbons (Fsp3) is 0.154. The highest BCUT2D eigenvalue weighted by atomic mass is 32.1. The lowest BCUT2D eigenvalue weighted by Gasteiger charge is -2.29. The molecule has 0 unspecified atom stereocenters. The van der Waals surface area contributed by atoms with Gasteiger partial charge in [0.15, 0.2) is 5.11 Å². The molecule has 4 aromatic rings. The van der Waals surface area contributed by atoms with E-state index >= 15 is 0 Å². The minimum absolute atomic E-state index is 0.0596. The van der Waals surface area contributed by atoms with Gasteiger partial charge >= 0.3 is 0 Å². The Morgan fingerprint density at radius 2 is 1.71 bits per heavy atom. The normalized spacial score (nSPS) is 17.6. The van der Waals surface area contributed by atoms with E-state index in [4.69, 9.17) is 12.2 Å². The van der Waals surface area contributed by atoms with Gasteiger partial charge in [0.2, 0.25) is 0 Å². The highest BCUT2D eigenvalue weighted by molar-refractivity contribution is 7.80. The van der Waals surface area contributed by atoms with Crippen molar-refractivity contribution in [2.75, 3.05) is 4.90 Å². The van der Waals surface area contributed by atoms with E-state index in [9.17, 15) is 10.1 Å². The van der Waals surface area contributed by atoms with Crippen molar-refractivity contribution in [3.63, 3.8) is 0 Å². The number of aromatic nitrogens is 2. The van der Waals surface area contributed by atoms with Gasteiger partial charge in [-0.05, 0) is 85.7 Å². The van der Waals surface area contributed by atoms with Crippen LogP contribution in [-0.4, -0.2) is 19.6 Å². The van der Waals surface area contributed by atoms with Crippen LogP contribution in [0, 0.1) is 24.0 Å². The molecule has 3 heterocycles. The third-order valence-electron chi connectivity index (χ3n) is 6.00. The largest absolute Gasteiger partial charge is 0.351 e. The van der Waals surface area contributed by atoms with Crippen LogP contribution < -0.4 is 10.2 Å². The molecule has 5 rings (SSSR count). The van der Waals surface area contributed by atoms with Gasteiger partial charge in [-0.2, -0.15) is 0 Å². The second kappa shape index (κ2) is 8.72. The first kappa shape index (κ1) is 21.8. The number of hydrogen-bond donors (Lipinski definition) is 1. The summed E-state index contributed by atoms with van der Waals surface area (Å²) in [5.41, 5.74) is 6.10. The van der Waals surface area contributed by atoms with Crippen LogP contribution >= 0.6 is 12.2 Å². The van der Waals surface area contributed by atoms with Gasteiger partial charge in [-0.15, -0.1) is 0 Å². The topological polar surface area (TPSA) is 76.2 Å². The Bertz CT molecular complexity index is 1350. The fourth-order valence-electron chi connectivity index (χ4n) is 4.63. The summed E-state index contributed by atoms with van der Waals surface area (Å²) in [4.78, 5) is 17.5. The highest BCUT2D eigenvalue weighted by Gasteiger charge is 2.42. The molecule has 0 amide bonds. The summed E-state index contributed by atoms with van der Waals surface area (Å²) in [6.45, 7) is 4.15. The van der Waals surface area contributed by atoms with E-state index in [1.807, 2.05) is 30.5 Å². The molecular formula is C26H23N5O2S. The average molecular weight is 470 g/mol. The van der Waals surface area contributed by atoms with Crippen LogP contribution in [0.25, 0.3) is 5.69 Å². The van der Waals surface area contributed by atoms with Crippen LogP contribution in [0.2, 0.25) is 0 Å². The SMILES string of the molecule is Cc1cc(C)cc(N2C(=S)N[C@H](c3ccccn3)[C@H]2c2cccn2-c2ccc([N+](=O)[O-])cc2)c1. The number of nitro groups is 1. The zero-order valence-corrected chi connectivity index (χ0v) is 19.6. The van der Waals surface area contributed by atoms with E-state index in [0.717, 1.165) is 33.9 Å². The lowest BCUT2D eigenvalue weighted by molar-refractivity contribution is -0.384. The lowest BCUT2D eigenvalue weighted by atomic mass is 10.00. The van der Waals surface area contributed by atoms with Gasteiger partial charge in [0.05, 0.1) is 16.7 Å². The fourth-order valence-corrected chi connectivity index (χ4v) is 4.97. The maximum atomic E-state index is 11.1. The van der Waals surface area contributed by atoms with Gasteiger partial charge in [0, 0.05) is 41.6 Å². The van der Waals surface area contributed by atoms with Gasteiger partial charge in [-0.1, -0.05) is 12.1 Å². The molecule has 1 aliphatic heterocycles. The number of non-ortho nitro benzene ring substituents is 1. The second-order valence-corrected chi connectivity index (χ2v) is 8.81. The first-order chi connectivity index (χ1) is 16.4. The molecule has 7 nitrogen and oxygen atoms in total. The third-order valence-corrected chi connectivity index (χ3v) is 6.32. The van der Waals surface area contributed by atoms with Crippen molar-refractivity contribution in [2.24, 2.45) is 0 Å². The van der Waals surface area contributed by atoms with Crippen LogP contribution in [0.4, 0.5) is 11.4 Å². The molecular weight excluding hydrogens is 446 g/mol. The number of nitrogens with one attached hydrogen (secondary N) is 1. The number of aryl methyl sites for hydroxylation is 2. The van der Waals surface area contributed by atoms with Crippen LogP contribution in [0.5, 0.6) is 0 Å². The first-order valence-electron chi connectivity index (χ1n) is 10.9. The number of nitro benzene ring substituents is 1. The number of anilines is 1. The standard InChI is InChI=1S/C26H23N5O2S/c1-17-14-18(2)16-21(15-17)30-25(24(28-26(30)34)22-6-3-4-12-27-22)23-7-5-13-29(23)19-8-10-20(11-9-19)31(32)33/h3-16,24-25H,1-2H3,(H,28,34)/t24-,25-/m1/s1.